The molecule has 382 valence electrons. The quantitative estimate of drug-likeness (QED) is 0.0150. The predicted octanol–water partition coefficient (Wildman–Crippen LogP) is 10.8. The number of carbonyl (C=O) groups is 2. The molecule has 0 aromatic heterocycles. The van der Waals surface area contributed by atoms with E-state index in [4.69, 9.17) is 14.2 Å². The Balaban J connectivity index is 2.81. The molecule has 11 nitrogen and oxygen atoms in total. The third kappa shape index (κ3) is 32.9. The lowest BCUT2D eigenvalue weighted by Crippen LogP contribution is -2.61. The fourth-order valence-electron chi connectivity index (χ4n) is 7.48. The number of esters is 1. The van der Waals surface area contributed by atoms with E-state index in [2.05, 4.69) is 50.4 Å². The van der Waals surface area contributed by atoms with Crippen LogP contribution in [0.2, 0.25) is 0 Å². The van der Waals surface area contributed by atoms with Crippen LogP contribution in [0.15, 0.2) is 97.2 Å². The molecule has 0 bridgehead atoms. The Labute approximate surface area is 405 Å². The minimum atomic E-state index is -1.63. The molecule has 0 aliphatic carbocycles. The number of rotatable bonds is 41. The van der Waals surface area contributed by atoms with E-state index in [9.17, 15) is 35.1 Å². The summed E-state index contributed by atoms with van der Waals surface area (Å²) in [4.78, 5) is 26.3. The highest BCUT2D eigenvalue weighted by molar-refractivity contribution is 5.80. The topological polar surface area (TPSA) is 175 Å². The molecule has 1 rings (SSSR count). The Morgan fingerprint density at radius 1 is 0.597 bits per heavy atom. The molecule has 0 aromatic rings. The van der Waals surface area contributed by atoms with E-state index in [0.717, 1.165) is 96.3 Å². The highest BCUT2D eigenvalue weighted by Gasteiger charge is 2.47. The maximum absolute atomic E-state index is 13.3. The van der Waals surface area contributed by atoms with Crippen LogP contribution in [0, 0.1) is 0 Å². The van der Waals surface area contributed by atoms with Crippen molar-refractivity contribution in [1.82, 2.24) is 5.32 Å². The van der Waals surface area contributed by atoms with Gasteiger partial charge in [0.05, 0.1) is 25.4 Å². The van der Waals surface area contributed by atoms with Crippen LogP contribution in [-0.4, -0.2) is 99.6 Å². The molecular weight excluding hydrogens is 847 g/mol. The number of hydrogen-bond acceptors (Lipinski definition) is 10. The zero-order chi connectivity index (χ0) is 49.0. The molecule has 1 saturated heterocycles. The van der Waals surface area contributed by atoms with Crippen molar-refractivity contribution in [2.75, 3.05) is 13.2 Å². The number of aliphatic hydroxyl groups is 5. The number of allylic oxidation sites excluding steroid dienone is 15. The first kappa shape index (κ1) is 61.6. The normalized spacial score (nSPS) is 20.9. The summed E-state index contributed by atoms with van der Waals surface area (Å²) in [7, 11) is 0. The van der Waals surface area contributed by atoms with Gasteiger partial charge in [-0.1, -0.05) is 208 Å². The van der Waals surface area contributed by atoms with Gasteiger partial charge >= 0.3 is 5.97 Å². The number of ether oxygens (including phenoxy) is 3. The van der Waals surface area contributed by atoms with Crippen molar-refractivity contribution < 1.29 is 49.3 Å². The number of nitrogens with one attached hydrogen (secondary N) is 1. The lowest BCUT2D eigenvalue weighted by atomic mass is 9.99. The van der Waals surface area contributed by atoms with Gasteiger partial charge in [0.2, 0.25) is 5.91 Å². The van der Waals surface area contributed by atoms with Crippen molar-refractivity contribution in [2.45, 2.75) is 230 Å². The highest BCUT2D eigenvalue weighted by Crippen LogP contribution is 2.26. The van der Waals surface area contributed by atoms with Crippen LogP contribution in [0.3, 0.4) is 0 Å². The van der Waals surface area contributed by atoms with Crippen molar-refractivity contribution in [3.63, 3.8) is 0 Å². The molecule has 6 N–H and O–H groups in total. The Kier molecular flexibility index (Phi) is 40.3. The molecule has 1 amide bonds. The van der Waals surface area contributed by atoms with E-state index in [-0.39, 0.29) is 19.4 Å². The van der Waals surface area contributed by atoms with Gasteiger partial charge in [0.25, 0.3) is 0 Å². The molecule has 8 unspecified atom stereocenters. The number of aliphatic hydroxyl groups excluding tert-OH is 5. The molecule has 0 spiro atoms. The maximum atomic E-state index is 13.3. The lowest BCUT2D eigenvalue weighted by Gasteiger charge is -2.41. The van der Waals surface area contributed by atoms with E-state index >= 15 is 0 Å². The summed E-state index contributed by atoms with van der Waals surface area (Å²) in [5.74, 6) is -1.25. The van der Waals surface area contributed by atoms with Crippen molar-refractivity contribution >= 4 is 11.9 Å². The summed E-state index contributed by atoms with van der Waals surface area (Å²) in [5, 5.41) is 56.5. The van der Waals surface area contributed by atoms with Gasteiger partial charge in [-0.15, -0.1) is 0 Å². The third-order valence-corrected chi connectivity index (χ3v) is 11.6. The monoisotopic (exact) mass is 940 g/mol. The first-order chi connectivity index (χ1) is 32.7. The largest absolute Gasteiger partial charge is 0.454 e. The van der Waals surface area contributed by atoms with Gasteiger partial charge in [-0.05, 0) is 64.2 Å². The SMILES string of the molecule is CC/C=C/C=C/C=C\CCCCCCC(O)C(=O)NC(COC1OC(CO)C(O)C(O)C1OC(=O)CCCCCCC\C=C/C=C/C=C/C=C/CC)C(O)/C=C/CCCCCCCCCCC. The summed E-state index contributed by atoms with van der Waals surface area (Å²) >= 11 is 0. The second-order valence-corrected chi connectivity index (χ2v) is 17.6. The molecule has 0 aromatic carbocycles. The Morgan fingerprint density at radius 2 is 1.07 bits per heavy atom. The second kappa shape index (κ2) is 43.8. The van der Waals surface area contributed by atoms with E-state index in [0.29, 0.717) is 12.8 Å². The minimum absolute atomic E-state index is 0.0893. The average Bonchev–Trinajstić information content (AvgIpc) is 3.32. The summed E-state index contributed by atoms with van der Waals surface area (Å²) in [5.41, 5.74) is 0. The molecular formula is C56H93NO10. The van der Waals surface area contributed by atoms with Gasteiger partial charge in [0.1, 0.15) is 24.4 Å². The highest BCUT2D eigenvalue weighted by atomic mass is 16.7. The van der Waals surface area contributed by atoms with Crippen LogP contribution >= 0.6 is 0 Å². The summed E-state index contributed by atoms with van der Waals surface area (Å²) < 4.78 is 17.5. The molecule has 1 heterocycles. The lowest BCUT2D eigenvalue weighted by molar-refractivity contribution is -0.305. The smallest absolute Gasteiger partial charge is 0.306 e. The van der Waals surface area contributed by atoms with Gasteiger partial charge < -0.3 is 45.1 Å². The van der Waals surface area contributed by atoms with Gasteiger partial charge in [-0.3, -0.25) is 9.59 Å². The molecule has 1 fully saturated rings. The van der Waals surface area contributed by atoms with Crippen LogP contribution in [0.1, 0.15) is 181 Å². The Hall–Kier alpha value is -3.42. The van der Waals surface area contributed by atoms with Gasteiger partial charge in [0, 0.05) is 6.42 Å². The van der Waals surface area contributed by atoms with Crippen LogP contribution in [0.5, 0.6) is 0 Å². The summed E-state index contributed by atoms with van der Waals surface area (Å²) in [6.45, 7) is 5.43. The van der Waals surface area contributed by atoms with Crippen molar-refractivity contribution in [3.8, 4) is 0 Å². The van der Waals surface area contributed by atoms with E-state index in [1.54, 1.807) is 6.08 Å². The fraction of sp³-hybridized carbons (Fsp3) is 0.679. The zero-order valence-electron chi connectivity index (χ0n) is 41.7. The number of unbranched alkanes of at least 4 members (excludes halogenated alkanes) is 18. The number of carbonyl (C=O) groups excluding carboxylic acids is 2. The van der Waals surface area contributed by atoms with E-state index < -0.39 is 67.4 Å². The maximum Gasteiger partial charge on any atom is 0.306 e. The third-order valence-electron chi connectivity index (χ3n) is 11.6. The fourth-order valence-corrected chi connectivity index (χ4v) is 7.48. The molecule has 8 atom stereocenters. The van der Waals surface area contributed by atoms with E-state index in [1.165, 1.54) is 38.5 Å². The summed E-state index contributed by atoms with van der Waals surface area (Å²) in [6.07, 6.45) is 46.0. The second-order valence-electron chi connectivity index (χ2n) is 17.6. The van der Waals surface area contributed by atoms with Crippen molar-refractivity contribution in [2.24, 2.45) is 0 Å². The number of hydrogen-bond donors (Lipinski definition) is 6. The van der Waals surface area contributed by atoms with Gasteiger partial charge in [-0.25, -0.2) is 0 Å². The Morgan fingerprint density at radius 3 is 1.61 bits per heavy atom. The van der Waals surface area contributed by atoms with Crippen LogP contribution in [-0.2, 0) is 23.8 Å². The van der Waals surface area contributed by atoms with E-state index in [1.807, 2.05) is 66.8 Å². The first-order valence-electron chi connectivity index (χ1n) is 26.1. The van der Waals surface area contributed by atoms with Gasteiger partial charge in [-0.2, -0.15) is 0 Å². The van der Waals surface area contributed by atoms with Gasteiger partial charge in [0.15, 0.2) is 12.4 Å². The van der Waals surface area contributed by atoms with Crippen LogP contribution in [0.4, 0.5) is 0 Å². The Bertz CT molecular complexity index is 1450. The van der Waals surface area contributed by atoms with Crippen molar-refractivity contribution in [3.05, 3.63) is 97.2 Å². The standard InChI is InChI=1S/C56H93NO10/c1-4-7-10-13-16-19-22-24-25-26-29-32-35-38-41-44-51(61)67-54-53(63)52(62)50(45-58)66-56(54)65-46-47(48(59)42-39-36-33-30-27-21-18-15-12-9-6-3)57-55(64)49(60)43-40-37-34-31-28-23-20-17-14-11-8-5-2/h7-8,10-11,13-14,16-17,19-20,22-25,39,42,47-50,52-54,56,58-60,62-63H,4-6,9,12,15,18,21,26-38,40-41,43-46H2,1-3H3,(H,57,64)/b10-7+,11-8+,16-13+,17-14+,22-19+,23-20-,25-24-,42-39+. The number of amides is 1. The molecule has 1 aliphatic heterocycles. The average molecular weight is 940 g/mol. The summed E-state index contributed by atoms with van der Waals surface area (Å²) in [6, 6.07) is -1.04. The van der Waals surface area contributed by atoms with Crippen molar-refractivity contribution in [1.29, 1.82) is 0 Å². The molecule has 0 radical (unpaired) electrons. The zero-order valence-corrected chi connectivity index (χ0v) is 41.7. The first-order valence-corrected chi connectivity index (χ1v) is 26.1. The van der Waals surface area contributed by atoms with Crippen LogP contribution < -0.4 is 5.32 Å². The molecule has 67 heavy (non-hydrogen) atoms. The molecule has 11 heteroatoms. The molecule has 1 aliphatic rings. The molecule has 0 saturated carbocycles. The minimum Gasteiger partial charge on any atom is -0.454 e. The predicted molar refractivity (Wildman–Crippen MR) is 273 cm³/mol. The van der Waals surface area contributed by atoms with Crippen LogP contribution in [0.25, 0.3) is 0 Å².